The lowest BCUT2D eigenvalue weighted by molar-refractivity contribution is 0.0692. The van der Waals surface area contributed by atoms with Gasteiger partial charge >= 0.3 is 5.97 Å². The first-order chi connectivity index (χ1) is 8.52. The number of aromatic carboxylic acids is 1. The molecule has 0 atom stereocenters. The average molecular weight is 268 g/mol. The first-order valence-electron chi connectivity index (χ1n) is 4.86. The first kappa shape index (κ1) is 12.3. The van der Waals surface area contributed by atoms with E-state index >= 15 is 0 Å². The van der Waals surface area contributed by atoms with E-state index in [1.807, 2.05) is 0 Å². The molecule has 0 radical (unpaired) electrons. The van der Waals surface area contributed by atoms with E-state index in [-0.39, 0.29) is 21.3 Å². The van der Waals surface area contributed by atoms with Crippen molar-refractivity contribution in [2.75, 3.05) is 12.8 Å². The summed E-state index contributed by atoms with van der Waals surface area (Å²) in [6.45, 7) is 0. The molecule has 1 heterocycles. The maximum absolute atomic E-state index is 13.8. The average Bonchev–Trinajstić information content (AvgIpc) is 2.71. The second-order valence-electron chi connectivity index (χ2n) is 3.38. The number of carboxylic acids is 1. The number of thiazole rings is 1. The maximum Gasteiger partial charge on any atom is 0.357 e. The number of rotatable bonds is 3. The molecule has 3 N–H and O–H groups in total. The minimum Gasteiger partial charge on any atom is -0.497 e. The number of ether oxygens (including phenoxy) is 1. The molecule has 7 heteroatoms. The third-order valence-electron chi connectivity index (χ3n) is 2.26. The van der Waals surface area contributed by atoms with Gasteiger partial charge in [0.25, 0.3) is 0 Å². The molecule has 2 rings (SSSR count). The molecule has 0 unspecified atom stereocenters. The Balaban J connectivity index is 2.49. The van der Waals surface area contributed by atoms with Gasteiger partial charge < -0.3 is 15.6 Å². The number of hydrogen-bond donors (Lipinski definition) is 2. The van der Waals surface area contributed by atoms with E-state index in [2.05, 4.69) is 4.98 Å². The smallest absolute Gasteiger partial charge is 0.357 e. The van der Waals surface area contributed by atoms with Crippen molar-refractivity contribution < 1.29 is 19.0 Å². The number of benzene rings is 1. The van der Waals surface area contributed by atoms with E-state index in [0.717, 1.165) is 11.3 Å². The lowest BCUT2D eigenvalue weighted by Gasteiger charge is -2.02. The summed E-state index contributed by atoms with van der Waals surface area (Å²) < 4.78 is 18.6. The highest BCUT2D eigenvalue weighted by atomic mass is 32.1. The molecule has 1 aromatic carbocycles. The monoisotopic (exact) mass is 268 g/mol. The molecule has 1 aromatic heterocycles. The Morgan fingerprint density at radius 2 is 2.28 bits per heavy atom. The van der Waals surface area contributed by atoms with Crippen LogP contribution in [0.4, 0.5) is 9.39 Å². The number of carbonyl (C=O) groups is 1. The molecule has 0 aliphatic carbocycles. The van der Waals surface area contributed by atoms with Crippen LogP contribution in [0.25, 0.3) is 10.6 Å². The van der Waals surface area contributed by atoms with Gasteiger partial charge in [0.2, 0.25) is 0 Å². The van der Waals surface area contributed by atoms with Crippen molar-refractivity contribution in [3.05, 3.63) is 29.7 Å². The zero-order valence-electron chi connectivity index (χ0n) is 9.31. The van der Waals surface area contributed by atoms with Gasteiger partial charge in [-0.1, -0.05) is 11.3 Å². The van der Waals surface area contributed by atoms with Gasteiger partial charge in [-0.25, -0.2) is 14.2 Å². The normalized spacial score (nSPS) is 10.3. The van der Waals surface area contributed by atoms with E-state index in [0.29, 0.717) is 5.75 Å². The molecule has 0 saturated carbocycles. The van der Waals surface area contributed by atoms with E-state index in [1.165, 1.54) is 19.2 Å². The number of nitrogens with two attached hydrogens (primary N) is 1. The lowest BCUT2D eigenvalue weighted by Crippen LogP contribution is -2.00. The van der Waals surface area contributed by atoms with Crippen LogP contribution in [0.5, 0.6) is 5.75 Å². The quantitative estimate of drug-likeness (QED) is 0.891. The molecule has 0 aliphatic rings. The lowest BCUT2D eigenvalue weighted by atomic mass is 10.2. The summed E-state index contributed by atoms with van der Waals surface area (Å²) in [6.07, 6.45) is 0. The Morgan fingerprint density at radius 1 is 1.56 bits per heavy atom. The number of methoxy groups -OCH3 is 1. The molecule has 0 aliphatic heterocycles. The number of halogens is 1. The standard InChI is InChI=1S/C11H9FN2O3S/c1-17-5-2-3-6(7(12)4-5)10-14-8(11(15)16)9(13)18-10/h2-4H,13H2,1H3,(H,15,16). The topological polar surface area (TPSA) is 85.4 Å². The highest BCUT2D eigenvalue weighted by molar-refractivity contribution is 7.19. The molecule has 18 heavy (non-hydrogen) atoms. The Hall–Kier alpha value is -2.15. The van der Waals surface area contributed by atoms with Gasteiger partial charge in [0.15, 0.2) is 5.69 Å². The van der Waals surface area contributed by atoms with Crippen LogP contribution in [0.15, 0.2) is 18.2 Å². The summed E-state index contributed by atoms with van der Waals surface area (Å²) in [5.41, 5.74) is 5.45. The molecule has 0 bridgehead atoms. The molecule has 2 aromatic rings. The van der Waals surface area contributed by atoms with Gasteiger partial charge in [-0.15, -0.1) is 0 Å². The van der Waals surface area contributed by atoms with Crippen LogP contribution in [0.1, 0.15) is 10.5 Å². The molecule has 0 amide bonds. The van der Waals surface area contributed by atoms with Gasteiger partial charge in [0.1, 0.15) is 21.6 Å². The predicted octanol–water partition coefficient (Wildman–Crippen LogP) is 2.24. The highest BCUT2D eigenvalue weighted by Crippen LogP contribution is 2.32. The van der Waals surface area contributed by atoms with Gasteiger partial charge in [0.05, 0.1) is 7.11 Å². The third-order valence-corrected chi connectivity index (χ3v) is 3.18. The van der Waals surface area contributed by atoms with Gasteiger partial charge in [-0.05, 0) is 12.1 Å². The van der Waals surface area contributed by atoms with E-state index < -0.39 is 11.8 Å². The zero-order valence-corrected chi connectivity index (χ0v) is 10.1. The van der Waals surface area contributed by atoms with Crippen LogP contribution in [0.2, 0.25) is 0 Å². The molecular formula is C11H9FN2O3S. The van der Waals surface area contributed by atoms with E-state index in [1.54, 1.807) is 6.07 Å². The first-order valence-corrected chi connectivity index (χ1v) is 5.68. The van der Waals surface area contributed by atoms with Crippen molar-refractivity contribution in [2.24, 2.45) is 0 Å². The molecule has 0 saturated heterocycles. The molecular weight excluding hydrogens is 259 g/mol. The number of hydrogen-bond acceptors (Lipinski definition) is 5. The SMILES string of the molecule is COc1ccc(-c2nc(C(=O)O)c(N)s2)c(F)c1. The molecule has 0 spiro atoms. The second kappa shape index (κ2) is 4.61. The van der Waals surface area contributed by atoms with Crippen LogP contribution in [-0.2, 0) is 0 Å². The summed E-state index contributed by atoms with van der Waals surface area (Å²) in [5, 5.41) is 9.10. The van der Waals surface area contributed by atoms with Crippen molar-refractivity contribution in [3.63, 3.8) is 0 Å². The van der Waals surface area contributed by atoms with Crippen molar-refractivity contribution >= 4 is 22.3 Å². The Morgan fingerprint density at radius 3 is 2.78 bits per heavy atom. The second-order valence-corrected chi connectivity index (χ2v) is 4.41. The highest BCUT2D eigenvalue weighted by Gasteiger charge is 2.18. The largest absolute Gasteiger partial charge is 0.497 e. The van der Waals surface area contributed by atoms with Crippen LogP contribution in [0.3, 0.4) is 0 Å². The molecule has 0 fully saturated rings. The van der Waals surface area contributed by atoms with Crippen molar-refractivity contribution in [1.82, 2.24) is 4.98 Å². The fourth-order valence-corrected chi connectivity index (χ4v) is 2.25. The Labute approximate surface area is 106 Å². The summed E-state index contributed by atoms with van der Waals surface area (Å²) in [5.74, 6) is -1.40. The summed E-state index contributed by atoms with van der Waals surface area (Å²) in [6, 6.07) is 4.24. The minimum absolute atomic E-state index is 0.0488. The van der Waals surface area contributed by atoms with Crippen molar-refractivity contribution in [2.45, 2.75) is 0 Å². The molecule has 5 nitrogen and oxygen atoms in total. The van der Waals surface area contributed by atoms with Crippen molar-refractivity contribution in [3.8, 4) is 16.3 Å². The van der Waals surface area contributed by atoms with Crippen LogP contribution < -0.4 is 10.5 Å². The fraction of sp³-hybridized carbons (Fsp3) is 0.0909. The van der Waals surface area contributed by atoms with E-state index in [4.69, 9.17) is 15.6 Å². The Kier molecular flexibility index (Phi) is 3.15. The number of carboxylic acid groups (broad SMARTS) is 1. The number of anilines is 1. The third kappa shape index (κ3) is 2.12. The van der Waals surface area contributed by atoms with Crippen molar-refractivity contribution in [1.29, 1.82) is 0 Å². The van der Waals surface area contributed by atoms with Crippen LogP contribution in [-0.4, -0.2) is 23.2 Å². The van der Waals surface area contributed by atoms with E-state index in [9.17, 15) is 9.18 Å². The summed E-state index contributed by atoms with van der Waals surface area (Å²) >= 11 is 0.928. The fourth-order valence-electron chi connectivity index (χ4n) is 1.40. The number of nitrogens with zero attached hydrogens (tertiary/aromatic N) is 1. The predicted molar refractivity (Wildman–Crippen MR) is 65.4 cm³/mol. The van der Waals surface area contributed by atoms with Crippen LogP contribution >= 0.6 is 11.3 Å². The van der Waals surface area contributed by atoms with Gasteiger partial charge in [0, 0.05) is 11.6 Å². The molecule has 94 valence electrons. The maximum atomic E-state index is 13.8. The minimum atomic E-state index is -1.23. The number of nitrogen functional groups attached to an aromatic ring is 1. The summed E-state index contributed by atoms with van der Waals surface area (Å²) in [7, 11) is 1.43. The Bertz CT molecular complexity index is 612. The van der Waals surface area contributed by atoms with Gasteiger partial charge in [-0.3, -0.25) is 0 Å². The number of aromatic nitrogens is 1. The van der Waals surface area contributed by atoms with Gasteiger partial charge in [-0.2, -0.15) is 0 Å². The van der Waals surface area contributed by atoms with Crippen LogP contribution in [0, 0.1) is 5.82 Å². The zero-order chi connectivity index (χ0) is 13.3. The summed E-state index contributed by atoms with van der Waals surface area (Å²) in [4.78, 5) is 14.6.